The van der Waals surface area contributed by atoms with Crippen molar-refractivity contribution in [2.45, 2.75) is 20.0 Å². The largest absolute Gasteiger partial charge is 0.333 e. The van der Waals surface area contributed by atoms with Crippen molar-refractivity contribution in [3.63, 3.8) is 0 Å². The van der Waals surface area contributed by atoms with Gasteiger partial charge in [-0.05, 0) is 35.0 Å². The molecule has 2 heterocycles. The van der Waals surface area contributed by atoms with Gasteiger partial charge in [0, 0.05) is 12.7 Å². The monoisotopic (exact) mass is 351 g/mol. The third kappa shape index (κ3) is 2.17. The van der Waals surface area contributed by atoms with Gasteiger partial charge in [0.2, 0.25) is 0 Å². The van der Waals surface area contributed by atoms with E-state index in [2.05, 4.69) is 20.9 Å². The summed E-state index contributed by atoms with van der Waals surface area (Å²) in [5, 5.41) is 0. The average molecular weight is 352 g/mol. The van der Waals surface area contributed by atoms with Crippen molar-refractivity contribution < 1.29 is 14.0 Å². The Hall–Kier alpha value is -2.02. The lowest BCUT2D eigenvalue weighted by Gasteiger charge is -2.17. The Morgan fingerprint density at radius 3 is 2.81 bits per heavy atom. The molecule has 0 unspecified atom stereocenters. The molecule has 1 aromatic heterocycles. The average Bonchev–Trinajstić information content (AvgIpc) is 3.00. The SMILES string of the molecule is CCn1cncc1CN1C(=O)C(=O)c2cc(Br)c(F)cc21. The Labute approximate surface area is 128 Å². The minimum Gasteiger partial charge on any atom is -0.333 e. The number of carbonyl (C=O) groups is 2. The number of carbonyl (C=O) groups excluding carboxylic acids is 2. The topological polar surface area (TPSA) is 55.2 Å². The molecular formula is C14H11BrFN3O2. The summed E-state index contributed by atoms with van der Waals surface area (Å²) in [6, 6.07) is 2.55. The van der Waals surface area contributed by atoms with Crippen molar-refractivity contribution in [2.24, 2.45) is 0 Å². The summed E-state index contributed by atoms with van der Waals surface area (Å²) in [7, 11) is 0. The van der Waals surface area contributed by atoms with Crippen molar-refractivity contribution in [3.8, 4) is 0 Å². The first kappa shape index (κ1) is 13.9. The standard InChI is InChI=1S/C14H11BrFN3O2/c1-2-18-7-17-5-8(18)6-19-12-4-11(16)10(15)3-9(12)13(20)14(19)21/h3-5,7H,2,6H2,1H3. The van der Waals surface area contributed by atoms with Crippen molar-refractivity contribution in [1.29, 1.82) is 0 Å². The fourth-order valence-electron chi connectivity index (χ4n) is 2.37. The number of nitrogens with zero attached hydrogens (tertiary/aromatic N) is 3. The van der Waals surface area contributed by atoms with E-state index in [0.717, 1.165) is 5.69 Å². The Kier molecular flexibility index (Phi) is 3.36. The minimum absolute atomic E-state index is 0.169. The van der Waals surface area contributed by atoms with Gasteiger partial charge in [0.05, 0.1) is 34.3 Å². The van der Waals surface area contributed by atoms with Crippen LogP contribution in [-0.2, 0) is 17.9 Å². The first-order chi connectivity index (χ1) is 10.0. The second kappa shape index (κ2) is 5.07. The summed E-state index contributed by atoms with van der Waals surface area (Å²) >= 11 is 3.03. The van der Waals surface area contributed by atoms with Gasteiger partial charge in [-0.3, -0.25) is 14.5 Å². The van der Waals surface area contributed by atoms with Crippen LogP contribution in [0.3, 0.4) is 0 Å². The van der Waals surface area contributed by atoms with Gasteiger partial charge >= 0.3 is 0 Å². The number of anilines is 1. The zero-order chi connectivity index (χ0) is 15.1. The van der Waals surface area contributed by atoms with E-state index < -0.39 is 17.5 Å². The summed E-state index contributed by atoms with van der Waals surface area (Å²) in [4.78, 5) is 29.4. The van der Waals surface area contributed by atoms with E-state index in [1.807, 2.05) is 11.5 Å². The van der Waals surface area contributed by atoms with Crippen LogP contribution in [0.15, 0.2) is 29.1 Å². The van der Waals surface area contributed by atoms with Crippen LogP contribution in [0.25, 0.3) is 0 Å². The molecule has 0 bridgehead atoms. The highest BCUT2D eigenvalue weighted by Crippen LogP contribution is 2.34. The second-order valence-corrected chi connectivity index (χ2v) is 5.53. The van der Waals surface area contributed by atoms with Gasteiger partial charge in [-0.1, -0.05) is 0 Å². The number of hydrogen-bond donors (Lipinski definition) is 0. The third-order valence-electron chi connectivity index (χ3n) is 3.47. The van der Waals surface area contributed by atoms with Gasteiger partial charge in [-0.15, -0.1) is 0 Å². The number of amides is 1. The quantitative estimate of drug-likeness (QED) is 0.798. The molecule has 0 spiro atoms. The Bertz CT molecular complexity index is 757. The molecule has 1 aliphatic rings. The minimum atomic E-state index is -0.647. The van der Waals surface area contributed by atoms with Crippen LogP contribution in [0.2, 0.25) is 0 Å². The number of Topliss-reactive ketones (excluding diaryl/α,β-unsaturated/α-hetero) is 1. The Morgan fingerprint density at radius 2 is 2.10 bits per heavy atom. The molecule has 1 aromatic carbocycles. The van der Waals surface area contributed by atoms with E-state index in [9.17, 15) is 14.0 Å². The smallest absolute Gasteiger partial charge is 0.299 e. The highest BCUT2D eigenvalue weighted by atomic mass is 79.9. The molecule has 0 fully saturated rings. The second-order valence-electron chi connectivity index (χ2n) is 4.67. The van der Waals surface area contributed by atoms with Crippen LogP contribution >= 0.6 is 15.9 Å². The van der Waals surface area contributed by atoms with Crippen molar-refractivity contribution in [1.82, 2.24) is 9.55 Å². The van der Waals surface area contributed by atoms with Gasteiger partial charge in [-0.2, -0.15) is 0 Å². The molecule has 21 heavy (non-hydrogen) atoms. The van der Waals surface area contributed by atoms with E-state index in [4.69, 9.17) is 0 Å². The van der Waals surface area contributed by atoms with Crippen molar-refractivity contribution in [3.05, 3.63) is 46.2 Å². The maximum Gasteiger partial charge on any atom is 0.299 e. The van der Waals surface area contributed by atoms with E-state index in [1.54, 1.807) is 12.5 Å². The van der Waals surface area contributed by atoms with Crippen LogP contribution in [0.5, 0.6) is 0 Å². The molecule has 0 saturated carbocycles. The van der Waals surface area contributed by atoms with Crippen molar-refractivity contribution >= 4 is 33.3 Å². The van der Waals surface area contributed by atoms with Crippen LogP contribution in [0.4, 0.5) is 10.1 Å². The van der Waals surface area contributed by atoms with Crippen LogP contribution in [-0.4, -0.2) is 21.2 Å². The van der Waals surface area contributed by atoms with E-state index in [1.165, 1.54) is 17.0 Å². The summed E-state index contributed by atoms with van der Waals surface area (Å²) in [6.07, 6.45) is 3.29. The fourth-order valence-corrected chi connectivity index (χ4v) is 2.72. The molecule has 108 valence electrons. The highest BCUT2D eigenvalue weighted by Gasteiger charge is 2.37. The molecule has 0 saturated heterocycles. The summed E-state index contributed by atoms with van der Waals surface area (Å²) < 4.78 is 15.7. The highest BCUT2D eigenvalue weighted by molar-refractivity contribution is 9.10. The van der Waals surface area contributed by atoms with Crippen LogP contribution < -0.4 is 4.90 Å². The number of imidazole rings is 1. The summed E-state index contributed by atoms with van der Waals surface area (Å²) in [6.45, 7) is 2.84. The number of aromatic nitrogens is 2. The lowest BCUT2D eigenvalue weighted by atomic mass is 10.1. The number of ketones is 1. The summed E-state index contributed by atoms with van der Waals surface area (Å²) in [5.74, 6) is -1.77. The molecule has 5 nitrogen and oxygen atoms in total. The predicted molar refractivity (Wildman–Crippen MR) is 77.5 cm³/mol. The van der Waals surface area contributed by atoms with Crippen molar-refractivity contribution in [2.75, 3.05) is 4.90 Å². The molecule has 1 aliphatic heterocycles. The zero-order valence-corrected chi connectivity index (χ0v) is 12.7. The Balaban J connectivity index is 2.03. The molecule has 0 N–H and O–H groups in total. The molecule has 0 radical (unpaired) electrons. The van der Waals surface area contributed by atoms with E-state index >= 15 is 0 Å². The number of halogens is 2. The molecule has 3 rings (SSSR count). The lowest BCUT2D eigenvalue weighted by Crippen LogP contribution is -2.30. The van der Waals surface area contributed by atoms with Gasteiger partial charge < -0.3 is 4.57 Å². The molecule has 1 amide bonds. The van der Waals surface area contributed by atoms with Gasteiger partial charge in [0.15, 0.2) is 0 Å². The molecule has 0 atom stereocenters. The maximum atomic E-state index is 13.7. The van der Waals surface area contributed by atoms with Gasteiger partial charge in [-0.25, -0.2) is 9.37 Å². The van der Waals surface area contributed by atoms with Gasteiger partial charge in [0.1, 0.15) is 5.82 Å². The first-order valence-corrected chi connectivity index (χ1v) is 7.16. The van der Waals surface area contributed by atoms with E-state index in [0.29, 0.717) is 12.2 Å². The molecule has 7 heteroatoms. The first-order valence-electron chi connectivity index (χ1n) is 6.37. The number of fused-ring (bicyclic) bond motifs is 1. The normalized spacial score (nSPS) is 14.0. The summed E-state index contributed by atoms with van der Waals surface area (Å²) in [5.41, 5.74) is 1.31. The Morgan fingerprint density at radius 1 is 1.33 bits per heavy atom. The predicted octanol–water partition coefficient (Wildman–Crippen LogP) is 2.53. The molecule has 2 aromatic rings. The molecule has 0 aliphatic carbocycles. The third-order valence-corrected chi connectivity index (χ3v) is 4.08. The van der Waals surface area contributed by atoms with E-state index in [-0.39, 0.29) is 16.6 Å². The molecular weight excluding hydrogens is 341 g/mol. The zero-order valence-electron chi connectivity index (χ0n) is 11.1. The number of benzene rings is 1. The lowest BCUT2D eigenvalue weighted by molar-refractivity contribution is -0.114. The number of aryl methyl sites for hydroxylation is 1. The fraction of sp³-hybridized carbons (Fsp3) is 0.214. The van der Waals surface area contributed by atoms with Crippen LogP contribution in [0.1, 0.15) is 23.0 Å². The van der Waals surface area contributed by atoms with Gasteiger partial charge in [0.25, 0.3) is 11.7 Å². The number of rotatable bonds is 3. The van der Waals surface area contributed by atoms with Crippen LogP contribution in [0, 0.1) is 5.82 Å². The number of hydrogen-bond acceptors (Lipinski definition) is 3. The maximum absolute atomic E-state index is 13.7.